The van der Waals surface area contributed by atoms with Gasteiger partial charge in [0.2, 0.25) is 0 Å². The number of ether oxygens (including phenoxy) is 1. The Morgan fingerprint density at radius 1 is 0.950 bits per heavy atom. The number of hydrogen-bond acceptors (Lipinski definition) is 3. The van der Waals surface area contributed by atoms with Crippen LogP contribution in [0.1, 0.15) is 18.5 Å². The second-order valence-electron chi connectivity index (χ2n) is 5.08. The zero-order chi connectivity index (χ0) is 14.5. The van der Waals surface area contributed by atoms with Crippen LogP contribution < -0.4 is 15.0 Å². The van der Waals surface area contributed by atoms with E-state index in [0.717, 1.165) is 11.4 Å². The van der Waals surface area contributed by atoms with E-state index in [1.54, 1.807) is 7.11 Å². The van der Waals surface area contributed by atoms with E-state index in [1.807, 2.05) is 26.2 Å². The molecule has 0 saturated heterocycles. The average molecular weight is 270 g/mol. The van der Waals surface area contributed by atoms with Crippen LogP contribution in [0.4, 0.5) is 11.4 Å². The molecule has 0 aliphatic rings. The Kier molecular flexibility index (Phi) is 4.51. The van der Waals surface area contributed by atoms with Crippen LogP contribution in [0.25, 0.3) is 0 Å². The Morgan fingerprint density at radius 3 is 2.05 bits per heavy atom. The Hall–Kier alpha value is -2.16. The Labute approximate surface area is 121 Å². The molecule has 1 N–H and O–H groups in total. The van der Waals surface area contributed by atoms with Gasteiger partial charge in [0.15, 0.2) is 0 Å². The minimum absolute atomic E-state index is 0.256. The van der Waals surface area contributed by atoms with E-state index >= 15 is 0 Å². The molecule has 0 bridgehead atoms. The third kappa shape index (κ3) is 3.44. The molecule has 0 amide bonds. The van der Waals surface area contributed by atoms with Crippen molar-refractivity contribution in [2.45, 2.75) is 13.0 Å². The molecule has 0 aliphatic heterocycles. The molecule has 0 spiro atoms. The average Bonchev–Trinajstić information content (AvgIpc) is 2.48. The quantitative estimate of drug-likeness (QED) is 0.890. The van der Waals surface area contributed by atoms with E-state index in [9.17, 15) is 0 Å². The number of benzene rings is 2. The van der Waals surface area contributed by atoms with Crippen LogP contribution in [0, 0.1) is 0 Å². The lowest BCUT2D eigenvalue weighted by atomic mass is 10.1. The number of nitrogens with zero attached hydrogens (tertiary/aromatic N) is 1. The molecule has 0 radical (unpaired) electrons. The van der Waals surface area contributed by atoms with Gasteiger partial charge < -0.3 is 15.0 Å². The van der Waals surface area contributed by atoms with Crippen molar-refractivity contribution >= 4 is 11.4 Å². The van der Waals surface area contributed by atoms with Crippen LogP contribution in [-0.2, 0) is 0 Å². The molecule has 0 saturated carbocycles. The molecule has 20 heavy (non-hydrogen) atoms. The molecule has 3 heteroatoms. The molecule has 1 atom stereocenters. The maximum atomic E-state index is 5.18. The topological polar surface area (TPSA) is 24.5 Å². The summed E-state index contributed by atoms with van der Waals surface area (Å²) < 4.78 is 5.18. The monoisotopic (exact) mass is 270 g/mol. The zero-order valence-electron chi connectivity index (χ0n) is 12.6. The summed E-state index contributed by atoms with van der Waals surface area (Å²) in [6.07, 6.45) is 0. The molecular formula is C17H22N2O. The molecule has 2 aromatic rings. The van der Waals surface area contributed by atoms with E-state index in [1.165, 1.54) is 11.3 Å². The summed E-state index contributed by atoms with van der Waals surface area (Å²) in [4.78, 5) is 2.09. The second-order valence-corrected chi connectivity index (χ2v) is 5.08. The van der Waals surface area contributed by atoms with Gasteiger partial charge in [-0.15, -0.1) is 0 Å². The fourth-order valence-electron chi connectivity index (χ4n) is 2.08. The van der Waals surface area contributed by atoms with Crippen LogP contribution in [0.15, 0.2) is 48.5 Å². The number of anilines is 2. The first-order chi connectivity index (χ1) is 9.60. The fraction of sp³-hybridized carbons (Fsp3) is 0.294. The van der Waals surface area contributed by atoms with Gasteiger partial charge in [0.1, 0.15) is 5.75 Å². The first kappa shape index (κ1) is 14.3. The highest BCUT2D eigenvalue weighted by atomic mass is 16.5. The molecule has 1 unspecified atom stereocenters. The number of hydrogen-bond donors (Lipinski definition) is 1. The summed E-state index contributed by atoms with van der Waals surface area (Å²) in [6, 6.07) is 16.9. The summed E-state index contributed by atoms with van der Waals surface area (Å²) in [5.74, 6) is 0.885. The van der Waals surface area contributed by atoms with Gasteiger partial charge in [-0.25, -0.2) is 0 Å². The van der Waals surface area contributed by atoms with Crippen LogP contribution in [-0.4, -0.2) is 21.2 Å². The lowest BCUT2D eigenvalue weighted by molar-refractivity contribution is 0.414. The lowest BCUT2D eigenvalue weighted by Gasteiger charge is -2.18. The Balaban J connectivity index is 2.04. The predicted molar refractivity (Wildman–Crippen MR) is 85.8 cm³/mol. The molecule has 2 rings (SSSR count). The van der Waals surface area contributed by atoms with Gasteiger partial charge in [-0.05, 0) is 48.9 Å². The highest BCUT2D eigenvalue weighted by Gasteiger charge is 2.05. The van der Waals surface area contributed by atoms with Crippen molar-refractivity contribution in [3.8, 4) is 5.75 Å². The van der Waals surface area contributed by atoms with Crippen LogP contribution in [0.2, 0.25) is 0 Å². The van der Waals surface area contributed by atoms with Gasteiger partial charge in [-0.2, -0.15) is 0 Å². The van der Waals surface area contributed by atoms with Gasteiger partial charge in [0, 0.05) is 31.5 Å². The largest absolute Gasteiger partial charge is 0.497 e. The smallest absolute Gasteiger partial charge is 0.118 e. The molecular weight excluding hydrogens is 248 g/mol. The molecule has 0 fully saturated rings. The SMILES string of the molecule is COc1ccc(C(C)Nc2ccc(N(C)C)cc2)cc1. The molecule has 2 aromatic carbocycles. The van der Waals surface area contributed by atoms with Gasteiger partial charge in [0.25, 0.3) is 0 Å². The molecule has 3 nitrogen and oxygen atoms in total. The Morgan fingerprint density at radius 2 is 1.55 bits per heavy atom. The maximum Gasteiger partial charge on any atom is 0.118 e. The van der Waals surface area contributed by atoms with E-state index in [-0.39, 0.29) is 6.04 Å². The van der Waals surface area contributed by atoms with Gasteiger partial charge in [0.05, 0.1) is 7.11 Å². The van der Waals surface area contributed by atoms with Crippen LogP contribution in [0.3, 0.4) is 0 Å². The van der Waals surface area contributed by atoms with E-state index in [4.69, 9.17) is 4.74 Å². The summed E-state index contributed by atoms with van der Waals surface area (Å²) in [6.45, 7) is 2.15. The van der Waals surface area contributed by atoms with E-state index in [0.29, 0.717) is 0 Å². The van der Waals surface area contributed by atoms with Crippen molar-refractivity contribution in [3.63, 3.8) is 0 Å². The van der Waals surface area contributed by atoms with Crippen molar-refractivity contribution < 1.29 is 4.74 Å². The second kappa shape index (κ2) is 6.33. The lowest BCUT2D eigenvalue weighted by Crippen LogP contribution is -2.09. The third-order valence-electron chi connectivity index (χ3n) is 3.38. The standard InChI is InChI=1S/C17H22N2O/c1-13(14-5-11-17(20-4)12-6-14)18-15-7-9-16(10-8-15)19(2)3/h5-13,18H,1-4H3. The van der Waals surface area contributed by atoms with Crippen LogP contribution in [0.5, 0.6) is 5.75 Å². The number of methoxy groups -OCH3 is 1. The summed E-state index contributed by atoms with van der Waals surface area (Å²) >= 11 is 0. The molecule has 106 valence electrons. The number of rotatable bonds is 5. The zero-order valence-corrected chi connectivity index (χ0v) is 12.6. The highest BCUT2D eigenvalue weighted by molar-refractivity contribution is 5.55. The van der Waals surface area contributed by atoms with Crippen LogP contribution >= 0.6 is 0 Å². The first-order valence-electron chi connectivity index (χ1n) is 6.78. The third-order valence-corrected chi connectivity index (χ3v) is 3.38. The molecule has 0 aliphatic carbocycles. The van der Waals surface area contributed by atoms with Gasteiger partial charge in [-0.3, -0.25) is 0 Å². The maximum absolute atomic E-state index is 5.18. The van der Waals surface area contributed by atoms with E-state index in [2.05, 4.69) is 53.5 Å². The minimum atomic E-state index is 0.256. The van der Waals surface area contributed by atoms with Gasteiger partial charge in [-0.1, -0.05) is 12.1 Å². The highest BCUT2D eigenvalue weighted by Crippen LogP contribution is 2.23. The summed E-state index contributed by atoms with van der Waals surface area (Å²) in [5.41, 5.74) is 3.56. The first-order valence-corrected chi connectivity index (χ1v) is 6.78. The summed E-state index contributed by atoms with van der Waals surface area (Å²) in [5, 5.41) is 3.50. The Bertz CT molecular complexity index is 532. The minimum Gasteiger partial charge on any atom is -0.497 e. The van der Waals surface area contributed by atoms with Crippen molar-refractivity contribution in [1.82, 2.24) is 0 Å². The summed E-state index contributed by atoms with van der Waals surface area (Å²) in [7, 11) is 5.77. The molecule has 0 aromatic heterocycles. The normalized spacial score (nSPS) is 11.8. The number of nitrogens with one attached hydrogen (secondary N) is 1. The van der Waals surface area contributed by atoms with Gasteiger partial charge >= 0.3 is 0 Å². The van der Waals surface area contributed by atoms with E-state index < -0.39 is 0 Å². The van der Waals surface area contributed by atoms with Crippen molar-refractivity contribution in [3.05, 3.63) is 54.1 Å². The predicted octanol–water partition coefficient (Wildman–Crippen LogP) is 3.93. The molecule has 0 heterocycles. The van der Waals surface area contributed by atoms with Crippen molar-refractivity contribution in [2.75, 3.05) is 31.4 Å². The van der Waals surface area contributed by atoms with Crippen molar-refractivity contribution in [1.29, 1.82) is 0 Å². The van der Waals surface area contributed by atoms with Crippen molar-refractivity contribution in [2.24, 2.45) is 0 Å². The fourth-order valence-corrected chi connectivity index (χ4v) is 2.08.